The Morgan fingerprint density at radius 1 is 1.09 bits per heavy atom. The van der Waals surface area contributed by atoms with Crippen molar-refractivity contribution >= 4 is 34.6 Å². The standard InChI is InChI=1S/C37H30ClN3O6/c1-3-37(45)29-13-32-33-26(16-41(32)34(42)28(29)18-46-35(37)43)25(24-12-19(2)30(38)14-31(24)40-33)15-39-36(44)47-17-27-22-10-6-4-8-20(22)21-9-5-7-11-23(21)27/h4-14,27,45H,3,15-18H2,1-2H3,(H,39,44). The molecule has 4 heterocycles. The summed E-state index contributed by atoms with van der Waals surface area (Å²) in [6.45, 7) is 3.83. The molecule has 0 bridgehead atoms. The number of alkyl carbamates (subject to hydrolysis) is 1. The molecular weight excluding hydrogens is 618 g/mol. The molecule has 236 valence electrons. The van der Waals surface area contributed by atoms with Gasteiger partial charge < -0.3 is 24.5 Å². The van der Waals surface area contributed by atoms with Crippen molar-refractivity contribution in [2.75, 3.05) is 6.61 Å². The molecule has 1 amide bonds. The summed E-state index contributed by atoms with van der Waals surface area (Å²) in [6.07, 6.45) is -0.521. The molecule has 0 spiro atoms. The minimum Gasteiger partial charge on any atom is -0.458 e. The van der Waals surface area contributed by atoms with Crippen LogP contribution >= 0.6 is 11.6 Å². The molecule has 47 heavy (non-hydrogen) atoms. The lowest BCUT2D eigenvalue weighted by Crippen LogP contribution is -2.44. The van der Waals surface area contributed by atoms with Gasteiger partial charge in [-0.3, -0.25) is 4.79 Å². The van der Waals surface area contributed by atoms with E-state index in [0.29, 0.717) is 21.9 Å². The molecule has 0 saturated carbocycles. The molecule has 0 radical (unpaired) electrons. The van der Waals surface area contributed by atoms with E-state index < -0.39 is 17.7 Å². The van der Waals surface area contributed by atoms with Crippen molar-refractivity contribution in [2.24, 2.45) is 0 Å². The predicted octanol–water partition coefficient (Wildman–Crippen LogP) is 6.08. The number of rotatable bonds is 5. The molecule has 2 N–H and O–H groups in total. The Morgan fingerprint density at radius 3 is 2.49 bits per heavy atom. The number of benzene rings is 3. The number of pyridine rings is 2. The number of aryl methyl sites for hydroxylation is 1. The van der Waals surface area contributed by atoms with Crippen molar-refractivity contribution in [3.8, 4) is 22.5 Å². The minimum absolute atomic E-state index is 0.0456. The van der Waals surface area contributed by atoms with E-state index >= 15 is 0 Å². The first-order valence-electron chi connectivity index (χ1n) is 15.6. The minimum atomic E-state index is -1.93. The second-order valence-corrected chi connectivity index (χ2v) is 12.7. The first-order chi connectivity index (χ1) is 22.7. The fourth-order valence-electron chi connectivity index (χ4n) is 7.30. The van der Waals surface area contributed by atoms with E-state index in [-0.39, 0.29) is 55.3 Å². The highest BCUT2D eigenvalue weighted by Crippen LogP contribution is 2.45. The first-order valence-corrected chi connectivity index (χ1v) is 15.9. The predicted molar refractivity (Wildman–Crippen MR) is 176 cm³/mol. The van der Waals surface area contributed by atoms with Crippen molar-refractivity contribution in [1.29, 1.82) is 0 Å². The first kappa shape index (κ1) is 29.4. The van der Waals surface area contributed by atoms with Gasteiger partial charge in [0.25, 0.3) is 5.56 Å². The van der Waals surface area contributed by atoms with Crippen LogP contribution in [-0.2, 0) is 39.6 Å². The number of cyclic esters (lactones) is 1. The number of halogens is 1. The quantitative estimate of drug-likeness (QED) is 0.218. The van der Waals surface area contributed by atoms with Crippen LogP contribution in [0.15, 0.2) is 71.5 Å². The number of aromatic nitrogens is 2. The van der Waals surface area contributed by atoms with Crippen LogP contribution in [0.1, 0.15) is 58.2 Å². The van der Waals surface area contributed by atoms with Crippen molar-refractivity contribution in [3.63, 3.8) is 0 Å². The van der Waals surface area contributed by atoms with Crippen LogP contribution in [0.4, 0.5) is 4.79 Å². The summed E-state index contributed by atoms with van der Waals surface area (Å²) in [5.41, 5.74) is 6.70. The van der Waals surface area contributed by atoms with Crippen LogP contribution in [0, 0.1) is 6.92 Å². The van der Waals surface area contributed by atoms with Crippen LogP contribution in [0.2, 0.25) is 5.02 Å². The van der Waals surface area contributed by atoms with Gasteiger partial charge in [-0.05, 0) is 64.9 Å². The van der Waals surface area contributed by atoms with Gasteiger partial charge in [0, 0.05) is 34.0 Å². The smallest absolute Gasteiger partial charge is 0.407 e. The molecule has 1 atom stereocenters. The maximum Gasteiger partial charge on any atom is 0.407 e. The zero-order valence-corrected chi connectivity index (χ0v) is 26.5. The molecule has 2 aliphatic heterocycles. The molecule has 9 nitrogen and oxygen atoms in total. The lowest BCUT2D eigenvalue weighted by atomic mass is 9.86. The van der Waals surface area contributed by atoms with Crippen molar-refractivity contribution in [1.82, 2.24) is 14.9 Å². The summed E-state index contributed by atoms with van der Waals surface area (Å²) < 4.78 is 12.6. The number of carbonyl (C=O) groups is 2. The van der Waals surface area contributed by atoms with E-state index in [9.17, 15) is 19.5 Å². The van der Waals surface area contributed by atoms with Gasteiger partial charge in [0.15, 0.2) is 5.60 Å². The number of aliphatic hydroxyl groups is 1. The normalized spacial score (nSPS) is 17.4. The molecule has 1 unspecified atom stereocenters. The fraction of sp³-hybridized carbons (Fsp3) is 0.243. The zero-order chi connectivity index (χ0) is 32.6. The average Bonchev–Trinajstić information content (AvgIpc) is 3.60. The summed E-state index contributed by atoms with van der Waals surface area (Å²) in [5.74, 6) is -0.856. The lowest BCUT2D eigenvalue weighted by molar-refractivity contribution is -0.172. The van der Waals surface area contributed by atoms with Crippen LogP contribution in [-0.4, -0.2) is 33.3 Å². The second-order valence-electron chi connectivity index (χ2n) is 12.3. The van der Waals surface area contributed by atoms with Gasteiger partial charge in [0.05, 0.1) is 29.0 Å². The molecule has 0 saturated heterocycles. The van der Waals surface area contributed by atoms with E-state index in [1.165, 1.54) is 0 Å². The van der Waals surface area contributed by atoms with Crippen LogP contribution in [0.3, 0.4) is 0 Å². The zero-order valence-electron chi connectivity index (χ0n) is 25.7. The SMILES string of the molecule is CCC1(O)C(=O)OCc2c1cc1n(c2=O)Cc2c-1nc1cc(Cl)c(C)cc1c2CNC(=O)OCC1c2ccccc2-c2ccccc21. The maximum absolute atomic E-state index is 13.8. The molecule has 2 aromatic heterocycles. The second kappa shape index (κ2) is 10.8. The molecule has 5 aromatic rings. The molecule has 0 fully saturated rings. The number of amides is 1. The average molecular weight is 648 g/mol. The van der Waals surface area contributed by atoms with E-state index in [1.807, 2.05) is 37.3 Å². The molecule has 8 rings (SSSR count). The van der Waals surface area contributed by atoms with Gasteiger partial charge in [0.2, 0.25) is 0 Å². The van der Waals surface area contributed by atoms with Gasteiger partial charge in [-0.1, -0.05) is 67.1 Å². The number of nitrogens with one attached hydrogen (secondary N) is 1. The largest absolute Gasteiger partial charge is 0.458 e. The molecule has 1 aliphatic carbocycles. The highest BCUT2D eigenvalue weighted by Gasteiger charge is 2.45. The summed E-state index contributed by atoms with van der Waals surface area (Å²) in [6, 6.07) is 21.7. The van der Waals surface area contributed by atoms with Gasteiger partial charge in [0.1, 0.15) is 13.2 Å². The van der Waals surface area contributed by atoms with Crippen molar-refractivity contribution in [2.45, 2.75) is 51.5 Å². The Kier molecular flexibility index (Phi) is 6.75. The van der Waals surface area contributed by atoms with E-state index in [4.69, 9.17) is 26.1 Å². The number of fused-ring (bicyclic) bond motifs is 8. The third-order valence-electron chi connectivity index (χ3n) is 9.84. The number of hydrogen-bond acceptors (Lipinski definition) is 7. The van der Waals surface area contributed by atoms with E-state index in [0.717, 1.165) is 44.3 Å². The number of esters is 1. The van der Waals surface area contributed by atoms with Gasteiger partial charge in [-0.25, -0.2) is 14.6 Å². The summed E-state index contributed by atoms with van der Waals surface area (Å²) in [5, 5.41) is 15.5. The third-order valence-corrected chi connectivity index (χ3v) is 10.2. The highest BCUT2D eigenvalue weighted by atomic mass is 35.5. The highest BCUT2D eigenvalue weighted by molar-refractivity contribution is 6.32. The number of hydrogen-bond donors (Lipinski definition) is 2. The molecular formula is C37H30ClN3O6. The van der Waals surface area contributed by atoms with Gasteiger partial charge >= 0.3 is 12.1 Å². The van der Waals surface area contributed by atoms with Crippen molar-refractivity contribution < 1.29 is 24.2 Å². The Labute approximate surface area is 274 Å². The topological polar surface area (TPSA) is 120 Å². The van der Waals surface area contributed by atoms with E-state index in [2.05, 4.69) is 29.6 Å². The lowest BCUT2D eigenvalue weighted by Gasteiger charge is -2.31. The Morgan fingerprint density at radius 2 is 1.79 bits per heavy atom. The Balaban J connectivity index is 1.13. The third kappa shape index (κ3) is 4.41. The summed E-state index contributed by atoms with van der Waals surface area (Å²) in [4.78, 5) is 44.5. The molecule has 3 aromatic carbocycles. The molecule has 3 aliphatic rings. The number of nitrogens with zero attached hydrogens (tertiary/aromatic N) is 2. The number of carbonyl (C=O) groups excluding carboxylic acids is 2. The van der Waals surface area contributed by atoms with E-state index in [1.54, 1.807) is 23.6 Å². The van der Waals surface area contributed by atoms with Crippen molar-refractivity contribution in [3.05, 3.63) is 121 Å². The summed E-state index contributed by atoms with van der Waals surface area (Å²) >= 11 is 6.52. The van der Waals surface area contributed by atoms with Crippen LogP contribution in [0.25, 0.3) is 33.4 Å². The van der Waals surface area contributed by atoms with Crippen LogP contribution < -0.4 is 10.9 Å². The Hall–Kier alpha value is -4.99. The van der Waals surface area contributed by atoms with Crippen LogP contribution in [0.5, 0.6) is 0 Å². The maximum atomic E-state index is 13.8. The summed E-state index contributed by atoms with van der Waals surface area (Å²) in [7, 11) is 0. The number of ether oxygens (including phenoxy) is 2. The Bertz CT molecular complexity index is 2200. The monoisotopic (exact) mass is 647 g/mol. The molecule has 10 heteroatoms. The van der Waals surface area contributed by atoms with Gasteiger partial charge in [-0.2, -0.15) is 0 Å². The fourth-order valence-corrected chi connectivity index (χ4v) is 7.46. The van der Waals surface area contributed by atoms with Gasteiger partial charge in [-0.15, -0.1) is 0 Å².